The van der Waals surface area contributed by atoms with Crippen molar-refractivity contribution in [3.8, 4) is 0 Å². The molecule has 80 valence electrons. The molecule has 1 rings (SSSR count). The van der Waals surface area contributed by atoms with Crippen molar-refractivity contribution in [1.82, 2.24) is 10.2 Å². The molecule has 1 heterocycles. The Morgan fingerprint density at radius 2 is 2.00 bits per heavy atom. The zero-order valence-corrected chi connectivity index (χ0v) is 9.59. The maximum absolute atomic E-state index is 7.57. The summed E-state index contributed by atoms with van der Waals surface area (Å²) in [6, 6.07) is 0.603. The molecule has 0 radical (unpaired) electrons. The average Bonchev–Trinajstić information content (AvgIpc) is 2.03. The van der Waals surface area contributed by atoms with Gasteiger partial charge in [0.1, 0.15) is 0 Å². The highest BCUT2D eigenvalue weighted by Gasteiger charge is 2.32. The van der Waals surface area contributed by atoms with E-state index in [1.807, 2.05) is 0 Å². The molecule has 0 bridgehead atoms. The molecule has 1 fully saturated rings. The topological polar surface area (TPSA) is 35.5 Å². The summed E-state index contributed by atoms with van der Waals surface area (Å²) in [6.07, 6.45) is 0. The zero-order chi connectivity index (χ0) is 10.5. The summed E-state index contributed by atoms with van der Waals surface area (Å²) in [5, 5.41) is 11.0. The van der Waals surface area contributed by atoms with Gasteiger partial charge in [0.25, 0.3) is 0 Å². The van der Waals surface area contributed by atoms with E-state index in [0.29, 0.717) is 11.6 Å². The standard InChI is InChI=1S/C8H18N2.C2H6O/c1-7-8(2,3)10(4)6-5-9-7;1-2-3/h7,9H,5-6H2,1-4H3;3H,2H2,1H3. The molecule has 2 N–H and O–H groups in total. The van der Waals surface area contributed by atoms with Crippen molar-refractivity contribution in [2.24, 2.45) is 0 Å². The molecule has 1 saturated heterocycles. The van der Waals surface area contributed by atoms with Gasteiger partial charge in [-0.3, -0.25) is 4.90 Å². The van der Waals surface area contributed by atoms with Gasteiger partial charge >= 0.3 is 0 Å². The monoisotopic (exact) mass is 188 g/mol. The molecule has 0 aromatic rings. The summed E-state index contributed by atoms with van der Waals surface area (Å²) in [5.74, 6) is 0. The third-order valence-electron chi connectivity index (χ3n) is 2.94. The molecule has 1 aliphatic rings. The number of rotatable bonds is 0. The van der Waals surface area contributed by atoms with E-state index in [1.54, 1.807) is 6.92 Å². The Hall–Kier alpha value is -0.120. The Bertz CT molecular complexity index is 125. The molecule has 3 nitrogen and oxygen atoms in total. The number of nitrogens with zero attached hydrogens (tertiary/aromatic N) is 1. The first-order valence-corrected chi connectivity index (χ1v) is 5.02. The van der Waals surface area contributed by atoms with Gasteiger partial charge in [0.15, 0.2) is 0 Å². The highest BCUT2D eigenvalue weighted by Crippen LogP contribution is 2.19. The number of hydrogen-bond donors (Lipinski definition) is 2. The maximum atomic E-state index is 7.57. The minimum atomic E-state index is 0.250. The lowest BCUT2D eigenvalue weighted by atomic mass is 9.92. The lowest BCUT2D eigenvalue weighted by molar-refractivity contribution is 0.0821. The first kappa shape index (κ1) is 12.9. The number of aliphatic hydroxyl groups is 1. The summed E-state index contributed by atoms with van der Waals surface area (Å²) >= 11 is 0. The van der Waals surface area contributed by atoms with Crippen molar-refractivity contribution < 1.29 is 5.11 Å². The fraction of sp³-hybridized carbons (Fsp3) is 1.00. The van der Waals surface area contributed by atoms with Crippen molar-refractivity contribution in [3.63, 3.8) is 0 Å². The molecule has 1 atom stereocenters. The van der Waals surface area contributed by atoms with Crippen LogP contribution < -0.4 is 5.32 Å². The molecular formula is C10H24N2O. The summed E-state index contributed by atoms with van der Waals surface area (Å²) < 4.78 is 0. The largest absolute Gasteiger partial charge is 0.397 e. The summed E-state index contributed by atoms with van der Waals surface area (Å²) in [6.45, 7) is 11.0. The lowest BCUT2D eigenvalue weighted by Gasteiger charge is -2.45. The van der Waals surface area contributed by atoms with Crippen molar-refractivity contribution in [2.45, 2.75) is 39.3 Å². The number of likely N-dealkylation sites (N-methyl/N-ethyl adjacent to an activating group) is 1. The number of nitrogens with one attached hydrogen (secondary N) is 1. The molecule has 0 aliphatic carbocycles. The first-order valence-electron chi connectivity index (χ1n) is 5.02. The third-order valence-corrected chi connectivity index (χ3v) is 2.94. The van der Waals surface area contributed by atoms with E-state index in [4.69, 9.17) is 5.11 Å². The van der Waals surface area contributed by atoms with Crippen LogP contribution in [-0.4, -0.2) is 48.3 Å². The Morgan fingerprint density at radius 3 is 2.31 bits per heavy atom. The van der Waals surface area contributed by atoms with E-state index in [0.717, 1.165) is 13.1 Å². The quantitative estimate of drug-likeness (QED) is 0.587. The molecule has 1 unspecified atom stereocenters. The highest BCUT2D eigenvalue weighted by molar-refractivity contribution is 4.93. The van der Waals surface area contributed by atoms with Crippen LogP contribution in [0.2, 0.25) is 0 Å². The van der Waals surface area contributed by atoms with Crippen LogP contribution in [0.25, 0.3) is 0 Å². The highest BCUT2D eigenvalue weighted by atomic mass is 16.2. The molecule has 3 heteroatoms. The molecule has 0 aromatic carbocycles. The molecule has 0 amide bonds. The van der Waals surface area contributed by atoms with Gasteiger partial charge in [0.2, 0.25) is 0 Å². The maximum Gasteiger partial charge on any atom is 0.0402 e. The van der Waals surface area contributed by atoms with Crippen LogP contribution in [0.4, 0.5) is 0 Å². The van der Waals surface area contributed by atoms with Crippen LogP contribution in [0.1, 0.15) is 27.7 Å². The number of hydrogen-bond acceptors (Lipinski definition) is 3. The molecular weight excluding hydrogens is 164 g/mol. The zero-order valence-electron chi connectivity index (χ0n) is 9.59. The minimum Gasteiger partial charge on any atom is -0.397 e. The van der Waals surface area contributed by atoms with Crippen molar-refractivity contribution in [1.29, 1.82) is 0 Å². The van der Waals surface area contributed by atoms with Gasteiger partial charge in [0, 0.05) is 31.3 Å². The third kappa shape index (κ3) is 3.63. The summed E-state index contributed by atoms with van der Waals surface area (Å²) in [5.41, 5.74) is 0.318. The van der Waals surface area contributed by atoms with Crippen molar-refractivity contribution >= 4 is 0 Å². The van der Waals surface area contributed by atoms with Gasteiger partial charge < -0.3 is 10.4 Å². The number of piperazine rings is 1. The van der Waals surface area contributed by atoms with E-state index < -0.39 is 0 Å². The Balaban J connectivity index is 0.000000424. The van der Waals surface area contributed by atoms with E-state index >= 15 is 0 Å². The van der Waals surface area contributed by atoms with Gasteiger partial charge in [0.05, 0.1) is 0 Å². The minimum absolute atomic E-state index is 0.250. The fourth-order valence-corrected chi connectivity index (χ4v) is 1.32. The van der Waals surface area contributed by atoms with Gasteiger partial charge in [-0.2, -0.15) is 0 Å². The van der Waals surface area contributed by atoms with Crippen LogP contribution in [-0.2, 0) is 0 Å². The summed E-state index contributed by atoms with van der Waals surface area (Å²) in [4.78, 5) is 2.41. The van der Waals surface area contributed by atoms with Crippen LogP contribution >= 0.6 is 0 Å². The van der Waals surface area contributed by atoms with Crippen LogP contribution in [0, 0.1) is 0 Å². The van der Waals surface area contributed by atoms with Crippen molar-refractivity contribution in [2.75, 3.05) is 26.7 Å². The molecule has 1 aliphatic heterocycles. The van der Waals surface area contributed by atoms with Crippen LogP contribution in [0.3, 0.4) is 0 Å². The van der Waals surface area contributed by atoms with Gasteiger partial charge in [-0.25, -0.2) is 0 Å². The molecule has 13 heavy (non-hydrogen) atoms. The van der Waals surface area contributed by atoms with Gasteiger partial charge in [-0.15, -0.1) is 0 Å². The van der Waals surface area contributed by atoms with Gasteiger partial charge in [-0.1, -0.05) is 0 Å². The first-order chi connectivity index (χ1) is 5.96. The second-order valence-corrected chi connectivity index (χ2v) is 4.07. The Labute approximate surface area is 82.1 Å². The van der Waals surface area contributed by atoms with E-state index in [-0.39, 0.29) is 6.61 Å². The molecule has 0 spiro atoms. The van der Waals surface area contributed by atoms with Crippen LogP contribution in [0.15, 0.2) is 0 Å². The number of aliphatic hydroxyl groups excluding tert-OH is 1. The normalized spacial score (nSPS) is 27.7. The smallest absolute Gasteiger partial charge is 0.0402 e. The lowest BCUT2D eigenvalue weighted by Crippen LogP contribution is -2.61. The van der Waals surface area contributed by atoms with Crippen LogP contribution in [0.5, 0.6) is 0 Å². The predicted molar refractivity (Wildman–Crippen MR) is 56.9 cm³/mol. The van der Waals surface area contributed by atoms with Crippen molar-refractivity contribution in [3.05, 3.63) is 0 Å². The van der Waals surface area contributed by atoms with Gasteiger partial charge in [-0.05, 0) is 34.7 Å². The average molecular weight is 188 g/mol. The second kappa shape index (κ2) is 5.58. The summed E-state index contributed by atoms with van der Waals surface area (Å²) in [7, 11) is 2.19. The SMILES string of the molecule is CC1NCCN(C)C1(C)C.CCO. The Kier molecular flexibility index (Phi) is 5.53. The van der Waals surface area contributed by atoms with E-state index in [9.17, 15) is 0 Å². The fourth-order valence-electron chi connectivity index (χ4n) is 1.32. The molecule has 0 saturated carbocycles. The molecule has 0 aromatic heterocycles. The predicted octanol–water partition coefficient (Wildman–Crippen LogP) is 0.687. The Morgan fingerprint density at radius 1 is 1.54 bits per heavy atom. The van der Waals surface area contributed by atoms with E-state index in [1.165, 1.54) is 0 Å². The van der Waals surface area contributed by atoms with E-state index in [2.05, 4.69) is 38.0 Å². The second-order valence-electron chi connectivity index (χ2n) is 4.07.